The third-order valence-electron chi connectivity index (χ3n) is 6.84. The quantitative estimate of drug-likeness (QED) is 0.438. The Morgan fingerprint density at radius 2 is 1.97 bits per heavy atom. The van der Waals surface area contributed by atoms with Gasteiger partial charge in [-0.2, -0.15) is 0 Å². The van der Waals surface area contributed by atoms with Crippen LogP contribution in [0.2, 0.25) is 0 Å². The maximum absolute atomic E-state index is 14.3. The molecule has 2 aromatic heterocycles. The molecular formula is C26H24FN5O. The van der Waals surface area contributed by atoms with E-state index in [1.54, 1.807) is 6.07 Å². The number of amides is 2. The van der Waals surface area contributed by atoms with E-state index in [0.717, 1.165) is 51.9 Å². The van der Waals surface area contributed by atoms with Gasteiger partial charge < -0.3 is 15.2 Å². The number of aromatic amines is 1. The summed E-state index contributed by atoms with van der Waals surface area (Å²) < 4.78 is 14.3. The summed E-state index contributed by atoms with van der Waals surface area (Å²) in [5, 5.41) is 4.08. The average molecular weight is 442 g/mol. The Hall–Kier alpha value is -3.74. The van der Waals surface area contributed by atoms with Gasteiger partial charge in [0.2, 0.25) is 0 Å². The molecular weight excluding hydrogens is 417 g/mol. The summed E-state index contributed by atoms with van der Waals surface area (Å²) >= 11 is 0. The number of fused-ring (bicyclic) bond motifs is 4. The van der Waals surface area contributed by atoms with Crippen LogP contribution in [0, 0.1) is 19.7 Å². The lowest BCUT2D eigenvalue weighted by Crippen LogP contribution is -2.47. The largest absolute Gasteiger partial charge is 0.341 e. The highest BCUT2D eigenvalue weighted by Gasteiger charge is 2.55. The number of carbonyl (C=O) groups excluding carboxylic acids is 1. The second-order valence-electron chi connectivity index (χ2n) is 9.37. The zero-order valence-electron chi connectivity index (χ0n) is 18.5. The molecule has 6 rings (SSSR count). The van der Waals surface area contributed by atoms with Crippen molar-refractivity contribution in [2.24, 2.45) is 0 Å². The van der Waals surface area contributed by atoms with Crippen LogP contribution >= 0.6 is 0 Å². The number of nitrogens with one attached hydrogen (secondary N) is 2. The summed E-state index contributed by atoms with van der Waals surface area (Å²) in [6.07, 6.45) is 5.34. The fraction of sp³-hybridized carbons (Fsp3) is 0.269. The second kappa shape index (κ2) is 7.13. The van der Waals surface area contributed by atoms with Gasteiger partial charge in [-0.25, -0.2) is 19.2 Å². The van der Waals surface area contributed by atoms with E-state index in [1.165, 1.54) is 24.0 Å². The monoisotopic (exact) mass is 441 g/mol. The van der Waals surface area contributed by atoms with Gasteiger partial charge in [-0.3, -0.25) is 0 Å². The molecule has 2 amide bonds. The zero-order valence-corrected chi connectivity index (χ0v) is 18.5. The van der Waals surface area contributed by atoms with Gasteiger partial charge in [0.25, 0.3) is 0 Å². The van der Waals surface area contributed by atoms with Crippen molar-refractivity contribution in [3.63, 3.8) is 0 Å². The molecule has 0 bridgehead atoms. The van der Waals surface area contributed by atoms with Crippen LogP contribution in [0.25, 0.3) is 11.0 Å². The molecule has 2 N–H and O–H groups in total. The van der Waals surface area contributed by atoms with Crippen molar-refractivity contribution in [1.29, 1.82) is 0 Å². The van der Waals surface area contributed by atoms with E-state index in [9.17, 15) is 9.18 Å². The molecule has 6 nitrogen and oxygen atoms in total. The number of carbonyl (C=O) groups is 1. The van der Waals surface area contributed by atoms with Crippen LogP contribution in [0.15, 0.2) is 55.0 Å². The minimum atomic E-state index is -0.456. The highest BCUT2D eigenvalue weighted by Crippen LogP contribution is 2.57. The number of halogens is 1. The Kier molecular flexibility index (Phi) is 4.30. The van der Waals surface area contributed by atoms with Gasteiger partial charge in [-0.05, 0) is 73.2 Å². The van der Waals surface area contributed by atoms with Gasteiger partial charge in [0, 0.05) is 34.9 Å². The molecule has 1 aliphatic heterocycles. The number of rotatable bonds is 2. The number of urea groups is 1. The number of hydrogen-bond donors (Lipinski definition) is 2. The van der Waals surface area contributed by atoms with Gasteiger partial charge in [0.05, 0.1) is 6.04 Å². The number of H-pyrrole nitrogens is 1. The second-order valence-corrected chi connectivity index (χ2v) is 9.37. The van der Waals surface area contributed by atoms with Crippen molar-refractivity contribution in [2.75, 3.05) is 11.9 Å². The Balaban J connectivity index is 1.49. The van der Waals surface area contributed by atoms with Gasteiger partial charge in [-0.15, -0.1) is 0 Å². The Bertz CT molecular complexity index is 1390. The predicted octanol–water partition coefficient (Wildman–Crippen LogP) is 5.38. The van der Waals surface area contributed by atoms with E-state index in [-0.39, 0.29) is 17.3 Å². The molecule has 0 saturated heterocycles. The Morgan fingerprint density at radius 1 is 1.18 bits per heavy atom. The van der Waals surface area contributed by atoms with Crippen molar-refractivity contribution in [1.82, 2.24) is 19.9 Å². The molecule has 1 aliphatic carbocycles. The van der Waals surface area contributed by atoms with Gasteiger partial charge >= 0.3 is 6.03 Å². The van der Waals surface area contributed by atoms with Crippen LogP contribution in [-0.4, -0.2) is 32.4 Å². The first-order valence-electron chi connectivity index (χ1n) is 11.2. The van der Waals surface area contributed by atoms with Crippen molar-refractivity contribution in [3.05, 3.63) is 88.8 Å². The van der Waals surface area contributed by atoms with Gasteiger partial charge in [0.15, 0.2) is 0 Å². The SMILES string of the molecule is Cc1cc(C)cc(NC(=O)N2CC3(CC3)c3c([nH]c4ncncc34)C2c2cccc(F)c2)c1. The van der Waals surface area contributed by atoms with E-state index < -0.39 is 6.04 Å². The van der Waals surface area contributed by atoms with E-state index in [2.05, 4.69) is 26.3 Å². The summed E-state index contributed by atoms with van der Waals surface area (Å²) in [7, 11) is 0. The van der Waals surface area contributed by atoms with Crippen LogP contribution in [-0.2, 0) is 5.41 Å². The van der Waals surface area contributed by atoms with Crippen molar-refractivity contribution < 1.29 is 9.18 Å². The molecule has 33 heavy (non-hydrogen) atoms. The third kappa shape index (κ3) is 3.26. The lowest BCUT2D eigenvalue weighted by atomic mass is 9.83. The Morgan fingerprint density at radius 3 is 2.70 bits per heavy atom. The Labute approximate surface area is 190 Å². The van der Waals surface area contributed by atoms with Crippen LogP contribution in [0.4, 0.5) is 14.9 Å². The summed E-state index contributed by atoms with van der Waals surface area (Å²) in [4.78, 5) is 27.6. The molecule has 1 atom stereocenters. The number of aryl methyl sites for hydroxylation is 2. The molecule has 2 aromatic carbocycles. The molecule has 7 heteroatoms. The number of anilines is 1. The van der Waals surface area contributed by atoms with Crippen molar-refractivity contribution in [3.8, 4) is 0 Å². The van der Waals surface area contributed by atoms with Crippen LogP contribution in [0.1, 0.15) is 46.8 Å². The average Bonchev–Trinajstić information content (AvgIpc) is 3.41. The van der Waals surface area contributed by atoms with Crippen LogP contribution in [0.5, 0.6) is 0 Å². The fourth-order valence-corrected chi connectivity index (χ4v) is 5.39. The molecule has 2 aliphatic rings. The molecule has 1 fully saturated rings. The van der Waals surface area contributed by atoms with Crippen LogP contribution < -0.4 is 5.32 Å². The number of hydrogen-bond acceptors (Lipinski definition) is 3. The van der Waals surface area contributed by atoms with Crippen molar-refractivity contribution >= 4 is 22.8 Å². The molecule has 1 spiro atoms. The van der Waals surface area contributed by atoms with Crippen LogP contribution in [0.3, 0.4) is 0 Å². The minimum absolute atomic E-state index is 0.123. The van der Waals surface area contributed by atoms with Gasteiger partial charge in [0.1, 0.15) is 17.8 Å². The van der Waals surface area contributed by atoms with E-state index >= 15 is 0 Å². The smallest absolute Gasteiger partial charge is 0.322 e. The number of aromatic nitrogens is 3. The molecule has 166 valence electrons. The highest BCUT2D eigenvalue weighted by molar-refractivity contribution is 5.92. The standard InChI is InChI=1S/C26H24FN5O/c1-15-8-16(2)10-19(9-15)30-25(33)32-13-26(6-7-26)21-20-12-28-14-29-24(20)31-22(21)23(32)17-4-3-5-18(27)11-17/h3-5,8-12,14,23H,6-7,13H2,1-2H3,(H,30,33)(H,28,29,31). The maximum atomic E-state index is 14.3. The first-order valence-corrected chi connectivity index (χ1v) is 11.2. The van der Waals surface area contributed by atoms with Crippen molar-refractivity contribution in [2.45, 2.75) is 38.1 Å². The van der Waals surface area contributed by atoms with E-state index in [4.69, 9.17) is 0 Å². The lowest BCUT2D eigenvalue weighted by Gasteiger charge is -2.40. The molecule has 4 aromatic rings. The first kappa shape index (κ1) is 19.9. The summed E-state index contributed by atoms with van der Waals surface area (Å²) in [6.45, 7) is 4.58. The zero-order chi connectivity index (χ0) is 22.7. The third-order valence-corrected chi connectivity index (χ3v) is 6.84. The van der Waals surface area contributed by atoms with Gasteiger partial charge in [-0.1, -0.05) is 18.2 Å². The molecule has 3 heterocycles. The first-order chi connectivity index (χ1) is 15.9. The number of nitrogens with zero attached hydrogens (tertiary/aromatic N) is 3. The van der Waals surface area contributed by atoms with E-state index in [1.807, 2.05) is 43.1 Å². The maximum Gasteiger partial charge on any atom is 0.322 e. The number of benzene rings is 2. The summed E-state index contributed by atoms with van der Waals surface area (Å²) in [5.74, 6) is -0.327. The fourth-order valence-electron chi connectivity index (χ4n) is 5.39. The molecule has 0 radical (unpaired) electrons. The summed E-state index contributed by atoms with van der Waals surface area (Å²) in [6, 6.07) is 11.8. The summed E-state index contributed by atoms with van der Waals surface area (Å²) in [5.41, 5.74) is 6.34. The predicted molar refractivity (Wildman–Crippen MR) is 125 cm³/mol. The highest BCUT2D eigenvalue weighted by atomic mass is 19.1. The molecule has 1 saturated carbocycles. The lowest BCUT2D eigenvalue weighted by molar-refractivity contribution is 0.181. The molecule has 1 unspecified atom stereocenters. The van der Waals surface area contributed by atoms with E-state index in [0.29, 0.717) is 6.54 Å². The normalized spacial score (nSPS) is 18.4. The topological polar surface area (TPSA) is 73.9 Å². The minimum Gasteiger partial charge on any atom is -0.341 e.